The van der Waals surface area contributed by atoms with Crippen molar-refractivity contribution in [1.29, 1.82) is 0 Å². The highest BCUT2D eigenvalue weighted by atomic mass is 35.5. The third-order valence-corrected chi connectivity index (χ3v) is 5.34. The molecule has 0 atom stereocenters. The van der Waals surface area contributed by atoms with E-state index < -0.39 is 0 Å². The average molecular weight is 403 g/mol. The maximum atomic E-state index is 9.18. The molecule has 2 aromatic rings. The molecule has 136 valence electrons. The van der Waals surface area contributed by atoms with Gasteiger partial charge in [-0.1, -0.05) is 54.2 Å². The van der Waals surface area contributed by atoms with Crippen LogP contribution >= 0.6 is 35.0 Å². The Labute approximate surface area is 161 Å². The Morgan fingerprint density at radius 3 is 2.64 bits per heavy atom. The molecule has 1 aliphatic carbocycles. The van der Waals surface area contributed by atoms with Crippen LogP contribution in [0.5, 0.6) is 0 Å². The first-order valence-corrected chi connectivity index (χ1v) is 9.78. The minimum Gasteiger partial charge on any atom is -0.468 e. The fourth-order valence-corrected chi connectivity index (χ4v) is 3.98. The van der Waals surface area contributed by atoms with Crippen molar-refractivity contribution < 1.29 is 13.9 Å². The van der Waals surface area contributed by atoms with Crippen LogP contribution in [0, 0.1) is 0 Å². The van der Waals surface area contributed by atoms with Crippen LogP contribution in [0.25, 0.3) is 11.5 Å². The Bertz CT molecular complexity index is 676. The molecular formula is C17H20Cl2N2O3S. The maximum absolute atomic E-state index is 9.18. The number of aromatic nitrogens is 2. The number of halogens is 2. The molecule has 1 fully saturated rings. The molecule has 3 rings (SSSR count). The summed E-state index contributed by atoms with van der Waals surface area (Å²) in [6, 6.07) is 5.24. The summed E-state index contributed by atoms with van der Waals surface area (Å²) in [7, 11) is 0. The van der Waals surface area contributed by atoms with E-state index in [4.69, 9.17) is 27.6 Å². The van der Waals surface area contributed by atoms with E-state index in [1.54, 1.807) is 36.9 Å². The van der Waals surface area contributed by atoms with Gasteiger partial charge in [-0.2, -0.15) is 0 Å². The van der Waals surface area contributed by atoms with Gasteiger partial charge in [-0.05, 0) is 38.0 Å². The number of thioether (sulfide) groups is 1. The molecule has 5 nitrogen and oxygen atoms in total. The van der Waals surface area contributed by atoms with E-state index in [-0.39, 0.29) is 0 Å². The van der Waals surface area contributed by atoms with Gasteiger partial charge in [0.2, 0.25) is 5.89 Å². The van der Waals surface area contributed by atoms with E-state index in [2.05, 4.69) is 14.9 Å². The average Bonchev–Trinajstić information content (AvgIpc) is 3.05. The van der Waals surface area contributed by atoms with Gasteiger partial charge in [-0.3, -0.25) is 4.79 Å². The second-order valence-electron chi connectivity index (χ2n) is 5.43. The van der Waals surface area contributed by atoms with E-state index in [9.17, 15) is 4.79 Å². The van der Waals surface area contributed by atoms with E-state index in [1.165, 1.54) is 32.1 Å². The molecule has 1 heterocycles. The standard InChI is InChI=1S/C14H14Cl2N2OS.C3H6O2/c15-9-6-7-11(12(16)8-9)13-17-18-14(19-13)20-10-4-2-1-3-5-10;1-2-5-3-4/h6-8,10H,1-5H2;3H,2H2,1H3. The van der Waals surface area contributed by atoms with Crippen LogP contribution in [0.15, 0.2) is 27.8 Å². The molecular weight excluding hydrogens is 383 g/mol. The number of ether oxygens (including phenoxy) is 1. The molecule has 1 aromatic heterocycles. The van der Waals surface area contributed by atoms with Gasteiger partial charge in [0.15, 0.2) is 0 Å². The Kier molecular flexibility index (Phi) is 8.58. The molecule has 0 radical (unpaired) electrons. The summed E-state index contributed by atoms with van der Waals surface area (Å²) in [5.74, 6) is 0.449. The van der Waals surface area contributed by atoms with Gasteiger partial charge >= 0.3 is 0 Å². The first kappa shape index (κ1) is 20.1. The zero-order chi connectivity index (χ0) is 18.1. The van der Waals surface area contributed by atoms with Crippen LogP contribution in [-0.4, -0.2) is 28.5 Å². The number of hydrogen-bond acceptors (Lipinski definition) is 6. The van der Waals surface area contributed by atoms with Gasteiger partial charge in [-0.25, -0.2) is 0 Å². The van der Waals surface area contributed by atoms with Crippen LogP contribution in [-0.2, 0) is 9.53 Å². The predicted molar refractivity (Wildman–Crippen MR) is 100 cm³/mol. The molecule has 0 spiro atoms. The van der Waals surface area contributed by atoms with Crippen molar-refractivity contribution in [3.63, 3.8) is 0 Å². The first-order valence-electron chi connectivity index (χ1n) is 8.14. The largest absolute Gasteiger partial charge is 0.468 e. The van der Waals surface area contributed by atoms with Crippen molar-refractivity contribution in [1.82, 2.24) is 10.2 Å². The third kappa shape index (κ3) is 6.53. The SMILES string of the molecule is CCOC=O.Clc1ccc(-c2nnc(SC3CCCCC3)o2)c(Cl)c1. The zero-order valence-corrected chi connectivity index (χ0v) is 16.2. The lowest BCUT2D eigenvalue weighted by Gasteiger charge is -2.18. The van der Waals surface area contributed by atoms with Gasteiger partial charge in [0.05, 0.1) is 17.2 Å². The van der Waals surface area contributed by atoms with Crippen LogP contribution in [0.3, 0.4) is 0 Å². The monoisotopic (exact) mass is 402 g/mol. The zero-order valence-electron chi connectivity index (χ0n) is 13.9. The fourth-order valence-electron chi connectivity index (χ4n) is 2.42. The summed E-state index contributed by atoms with van der Waals surface area (Å²) in [5, 5.41) is 10.5. The lowest BCUT2D eigenvalue weighted by Crippen LogP contribution is -2.07. The Morgan fingerprint density at radius 1 is 1.28 bits per heavy atom. The van der Waals surface area contributed by atoms with Crippen LogP contribution < -0.4 is 0 Å². The number of benzene rings is 1. The van der Waals surface area contributed by atoms with Gasteiger partial charge < -0.3 is 9.15 Å². The lowest BCUT2D eigenvalue weighted by molar-refractivity contribution is -0.128. The lowest BCUT2D eigenvalue weighted by atomic mass is 10.0. The maximum Gasteiger partial charge on any atom is 0.293 e. The number of nitrogens with zero attached hydrogens (tertiary/aromatic N) is 2. The van der Waals surface area contributed by atoms with Gasteiger partial charge in [0.1, 0.15) is 0 Å². The van der Waals surface area contributed by atoms with E-state index >= 15 is 0 Å². The van der Waals surface area contributed by atoms with E-state index in [0.717, 1.165) is 5.56 Å². The minimum atomic E-state index is 0.431. The highest BCUT2D eigenvalue weighted by Gasteiger charge is 2.19. The normalized spacial score (nSPS) is 14.5. The van der Waals surface area contributed by atoms with Crippen molar-refractivity contribution in [3.8, 4) is 11.5 Å². The minimum absolute atomic E-state index is 0.431. The molecule has 1 aliphatic rings. The summed E-state index contributed by atoms with van der Waals surface area (Å²) in [4.78, 5) is 9.18. The number of carbonyl (C=O) groups excluding carboxylic acids is 1. The molecule has 25 heavy (non-hydrogen) atoms. The molecule has 0 aliphatic heterocycles. The Balaban J connectivity index is 0.000000399. The Morgan fingerprint density at radius 2 is 2.04 bits per heavy atom. The molecule has 0 bridgehead atoms. The molecule has 1 saturated carbocycles. The smallest absolute Gasteiger partial charge is 0.293 e. The molecule has 0 saturated heterocycles. The molecule has 1 aromatic carbocycles. The van der Waals surface area contributed by atoms with Crippen molar-refractivity contribution in [2.24, 2.45) is 0 Å². The van der Waals surface area contributed by atoms with Crippen molar-refractivity contribution in [2.75, 3.05) is 6.61 Å². The van der Waals surface area contributed by atoms with E-state index in [0.29, 0.717) is 39.5 Å². The molecule has 0 N–H and O–H groups in total. The number of rotatable bonds is 5. The molecule has 0 amide bonds. The summed E-state index contributed by atoms with van der Waals surface area (Å²) in [6.07, 6.45) is 6.38. The second kappa shape index (κ2) is 10.7. The molecule has 8 heteroatoms. The van der Waals surface area contributed by atoms with Crippen molar-refractivity contribution >= 4 is 41.4 Å². The van der Waals surface area contributed by atoms with Crippen LogP contribution in [0.1, 0.15) is 39.0 Å². The van der Waals surface area contributed by atoms with Gasteiger partial charge in [-0.15, -0.1) is 10.2 Å². The van der Waals surface area contributed by atoms with E-state index in [1.807, 2.05) is 0 Å². The number of hydrogen-bond donors (Lipinski definition) is 0. The summed E-state index contributed by atoms with van der Waals surface area (Å²) in [5.41, 5.74) is 0.721. The fraction of sp³-hybridized carbons (Fsp3) is 0.471. The first-order chi connectivity index (χ1) is 12.1. The van der Waals surface area contributed by atoms with Gasteiger partial charge in [0, 0.05) is 10.3 Å². The highest BCUT2D eigenvalue weighted by Crippen LogP contribution is 2.35. The van der Waals surface area contributed by atoms with Crippen LogP contribution in [0.4, 0.5) is 0 Å². The highest BCUT2D eigenvalue weighted by molar-refractivity contribution is 7.99. The van der Waals surface area contributed by atoms with Crippen molar-refractivity contribution in [2.45, 2.75) is 49.5 Å². The molecule has 0 unspecified atom stereocenters. The summed E-state index contributed by atoms with van der Waals surface area (Å²) in [6.45, 7) is 2.66. The van der Waals surface area contributed by atoms with Gasteiger partial charge in [0.25, 0.3) is 11.7 Å². The summed E-state index contributed by atoms with van der Waals surface area (Å²) < 4.78 is 9.86. The number of carbonyl (C=O) groups is 1. The summed E-state index contributed by atoms with van der Waals surface area (Å²) >= 11 is 13.7. The Hall–Kier alpha value is -1.24. The third-order valence-electron chi connectivity index (χ3n) is 3.62. The second-order valence-corrected chi connectivity index (χ2v) is 7.52. The van der Waals surface area contributed by atoms with Crippen LogP contribution in [0.2, 0.25) is 10.0 Å². The predicted octanol–water partition coefficient (Wildman–Crippen LogP) is 5.65. The van der Waals surface area contributed by atoms with Crippen molar-refractivity contribution in [3.05, 3.63) is 28.2 Å². The topological polar surface area (TPSA) is 65.2 Å². The quantitative estimate of drug-likeness (QED) is 0.602.